The molecule has 0 saturated heterocycles. The SMILES string of the molecule is COc1ccc(Cc2nc(C(=O)N[C@@H](c3ccc(SC(F)(F)F)c(F)c3)C(C)C)cc(=O)[nH]2)cc1F. The number of ether oxygens (including phenoxy) is 1. The summed E-state index contributed by atoms with van der Waals surface area (Å²) in [6.07, 6.45) is 0.0223. The van der Waals surface area contributed by atoms with E-state index >= 15 is 0 Å². The Morgan fingerprint density at radius 3 is 2.42 bits per heavy atom. The quantitative estimate of drug-likeness (QED) is 0.303. The molecule has 1 heterocycles. The lowest BCUT2D eigenvalue weighted by molar-refractivity contribution is -0.0329. The molecule has 0 radical (unpaired) electrons. The maximum Gasteiger partial charge on any atom is 0.446 e. The first-order valence-corrected chi connectivity index (χ1v) is 11.5. The van der Waals surface area contributed by atoms with Crippen LogP contribution in [0, 0.1) is 17.6 Å². The van der Waals surface area contributed by atoms with Crippen molar-refractivity contribution < 1.29 is 31.5 Å². The third kappa shape index (κ3) is 7.06. The fraction of sp³-hybridized carbons (Fsp3) is 0.292. The molecule has 1 atom stereocenters. The zero-order valence-corrected chi connectivity index (χ0v) is 20.2. The molecule has 2 aromatic carbocycles. The van der Waals surface area contributed by atoms with Crippen molar-refractivity contribution in [1.29, 1.82) is 0 Å². The molecule has 0 aliphatic rings. The summed E-state index contributed by atoms with van der Waals surface area (Å²) in [6, 6.07) is 7.66. The second-order valence-electron chi connectivity index (χ2n) is 8.16. The number of thioether (sulfide) groups is 1. The van der Waals surface area contributed by atoms with Gasteiger partial charge in [-0.05, 0) is 53.1 Å². The Kier molecular flexibility index (Phi) is 8.39. The van der Waals surface area contributed by atoms with Gasteiger partial charge in [-0.15, -0.1) is 0 Å². The van der Waals surface area contributed by atoms with E-state index in [0.29, 0.717) is 5.56 Å². The van der Waals surface area contributed by atoms with Crippen LogP contribution in [-0.4, -0.2) is 28.5 Å². The van der Waals surface area contributed by atoms with Gasteiger partial charge in [-0.2, -0.15) is 13.2 Å². The third-order valence-corrected chi connectivity index (χ3v) is 5.89. The third-order valence-electron chi connectivity index (χ3n) is 5.11. The average Bonchev–Trinajstić information content (AvgIpc) is 2.77. The van der Waals surface area contributed by atoms with Crippen molar-refractivity contribution in [2.75, 3.05) is 7.11 Å². The Morgan fingerprint density at radius 1 is 1.11 bits per heavy atom. The van der Waals surface area contributed by atoms with E-state index in [9.17, 15) is 31.5 Å². The van der Waals surface area contributed by atoms with Crippen LogP contribution in [0.2, 0.25) is 0 Å². The summed E-state index contributed by atoms with van der Waals surface area (Å²) in [5.41, 5.74) is -4.75. The summed E-state index contributed by atoms with van der Waals surface area (Å²) in [5.74, 6) is -2.53. The Balaban J connectivity index is 1.82. The molecule has 192 valence electrons. The minimum absolute atomic E-state index is 0.0223. The standard InChI is InChI=1S/C24H22F5N3O3S/c1-12(2)22(14-5-7-19(16(26)10-14)36-24(27,28)29)32-23(34)17-11-21(33)31-20(30-17)9-13-4-6-18(35-3)15(25)8-13/h4-8,10-12,22H,9H2,1-3H3,(H,32,34)(H,30,31,33)/t22-/m1/s1. The zero-order valence-electron chi connectivity index (χ0n) is 19.4. The lowest BCUT2D eigenvalue weighted by Crippen LogP contribution is -2.33. The van der Waals surface area contributed by atoms with Crippen LogP contribution in [0.5, 0.6) is 5.75 Å². The number of halogens is 5. The largest absolute Gasteiger partial charge is 0.494 e. The summed E-state index contributed by atoms with van der Waals surface area (Å²) >= 11 is -0.567. The van der Waals surface area contributed by atoms with Gasteiger partial charge in [0, 0.05) is 12.5 Å². The average molecular weight is 528 g/mol. The number of amides is 1. The normalized spacial score (nSPS) is 12.5. The fourth-order valence-corrected chi connectivity index (χ4v) is 4.03. The van der Waals surface area contributed by atoms with Gasteiger partial charge in [0.25, 0.3) is 11.5 Å². The van der Waals surface area contributed by atoms with Gasteiger partial charge in [0.2, 0.25) is 0 Å². The van der Waals surface area contributed by atoms with Crippen LogP contribution < -0.4 is 15.6 Å². The van der Waals surface area contributed by atoms with E-state index in [1.54, 1.807) is 19.9 Å². The van der Waals surface area contributed by atoms with Gasteiger partial charge in [-0.25, -0.2) is 13.8 Å². The first-order valence-electron chi connectivity index (χ1n) is 10.6. The summed E-state index contributed by atoms with van der Waals surface area (Å²) in [7, 11) is 1.33. The molecule has 0 aliphatic heterocycles. The Morgan fingerprint density at radius 2 is 1.83 bits per heavy atom. The highest BCUT2D eigenvalue weighted by atomic mass is 32.2. The van der Waals surface area contributed by atoms with E-state index in [1.165, 1.54) is 25.3 Å². The van der Waals surface area contributed by atoms with E-state index in [2.05, 4.69) is 15.3 Å². The van der Waals surface area contributed by atoms with Gasteiger partial charge >= 0.3 is 5.51 Å². The number of carbonyl (C=O) groups is 1. The Bertz CT molecular complexity index is 1310. The number of alkyl halides is 3. The maximum atomic E-state index is 14.3. The summed E-state index contributed by atoms with van der Waals surface area (Å²) in [5, 5.41) is 2.66. The van der Waals surface area contributed by atoms with Crippen LogP contribution in [-0.2, 0) is 6.42 Å². The van der Waals surface area contributed by atoms with Crippen LogP contribution in [0.15, 0.2) is 52.2 Å². The molecule has 3 aromatic rings. The van der Waals surface area contributed by atoms with E-state index in [0.717, 1.165) is 18.2 Å². The highest BCUT2D eigenvalue weighted by Crippen LogP contribution is 2.39. The number of benzene rings is 2. The number of H-pyrrole nitrogens is 1. The summed E-state index contributed by atoms with van der Waals surface area (Å²) < 4.78 is 71.0. The van der Waals surface area contributed by atoms with Gasteiger partial charge in [-0.1, -0.05) is 26.0 Å². The van der Waals surface area contributed by atoms with Crippen LogP contribution in [0.1, 0.15) is 47.3 Å². The maximum absolute atomic E-state index is 14.3. The summed E-state index contributed by atoms with van der Waals surface area (Å²) in [4.78, 5) is 31.1. The molecule has 1 aromatic heterocycles. The lowest BCUT2D eigenvalue weighted by Gasteiger charge is -2.23. The van der Waals surface area contributed by atoms with E-state index < -0.39 is 51.3 Å². The number of nitrogens with zero attached hydrogens (tertiary/aromatic N) is 1. The first kappa shape index (κ1) is 27.2. The van der Waals surface area contributed by atoms with Gasteiger partial charge in [0.1, 0.15) is 17.3 Å². The molecule has 0 unspecified atom stereocenters. The monoisotopic (exact) mass is 527 g/mol. The second-order valence-corrected chi connectivity index (χ2v) is 9.26. The van der Waals surface area contributed by atoms with Gasteiger partial charge in [0.05, 0.1) is 18.0 Å². The van der Waals surface area contributed by atoms with Gasteiger partial charge in [0.15, 0.2) is 11.6 Å². The molecule has 0 saturated carbocycles. The van der Waals surface area contributed by atoms with Gasteiger partial charge in [-0.3, -0.25) is 9.59 Å². The number of aromatic amines is 1. The molecular weight excluding hydrogens is 505 g/mol. The number of aromatic nitrogens is 2. The number of hydrogen-bond donors (Lipinski definition) is 2. The van der Waals surface area contributed by atoms with Crippen molar-refractivity contribution in [2.45, 2.75) is 36.7 Å². The summed E-state index contributed by atoms with van der Waals surface area (Å²) in [6.45, 7) is 3.46. The number of rotatable bonds is 8. The van der Waals surface area contributed by atoms with Crippen molar-refractivity contribution >= 4 is 17.7 Å². The van der Waals surface area contributed by atoms with Crippen molar-refractivity contribution in [3.05, 3.63) is 87.1 Å². The second kappa shape index (κ2) is 11.1. The van der Waals surface area contributed by atoms with E-state index in [1.807, 2.05) is 0 Å². The van der Waals surface area contributed by atoms with E-state index in [4.69, 9.17) is 4.74 Å². The molecule has 2 N–H and O–H groups in total. The van der Waals surface area contributed by atoms with Crippen LogP contribution in [0.4, 0.5) is 22.0 Å². The molecule has 0 fully saturated rings. The smallest absolute Gasteiger partial charge is 0.446 e. The van der Waals surface area contributed by atoms with E-state index in [-0.39, 0.29) is 35.2 Å². The van der Waals surface area contributed by atoms with Crippen molar-refractivity contribution in [1.82, 2.24) is 15.3 Å². The van der Waals surface area contributed by atoms with Crippen LogP contribution in [0.3, 0.4) is 0 Å². The Hall–Kier alpha value is -3.41. The van der Waals surface area contributed by atoms with Crippen molar-refractivity contribution in [2.24, 2.45) is 5.92 Å². The van der Waals surface area contributed by atoms with Crippen LogP contribution >= 0.6 is 11.8 Å². The van der Waals surface area contributed by atoms with Crippen molar-refractivity contribution in [3.63, 3.8) is 0 Å². The topological polar surface area (TPSA) is 84.1 Å². The first-order chi connectivity index (χ1) is 16.9. The molecular formula is C24H22F5N3O3S. The predicted molar refractivity (Wildman–Crippen MR) is 124 cm³/mol. The van der Waals surface area contributed by atoms with Crippen LogP contribution in [0.25, 0.3) is 0 Å². The number of methoxy groups -OCH3 is 1. The fourth-order valence-electron chi connectivity index (χ4n) is 3.49. The number of hydrogen-bond acceptors (Lipinski definition) is 5. The van der Waals surface area contributed by atoms with Crippen molar-refractivity contribution in [3.8, 4) is 5.75 Å². The van der Waals surface area contributed by atoms with Gasteiger partial charge < -0.3 is 15.0 Å². The molecule has 0 aliphatic carbocycles. The molecule has 12 heteroatoms. The molecule has 1 amide bonds. The number of carbonyl (C=O) groups excluding carboxylic acids is 1. The number of nitrogens with one attached hydrogen (secondary N) is 2. The highest BCUT2D eigenvalue weighted by Gasteiger charge is 2.31. The molecule has 0 spiro atoms. The predicted octanol–water partition coefficient (Wildman–Crippen LogP) is 5.39. The molecule has 0 bridgehead atoms. The molecule has 36 heavy (non-hydrogen) atoms. The minimum Gasteiger partial charge on any atom is -0.494 e. The Labute approximate surface area is 207 Å². The highest BCUT2D eigenvalue weighted by molar-refractivity contribution is 8.00. The molecule has 6 nitrogen and oxygen atoms in total. The molecule has 3 rings (SSSR count). The minimum atomic E-state index is -4.64. The zero-order chi connectivity index (χ0) is 26.6. The lowest BCUT2D eigenvalue weighted by atomic mass is 9.95.